The molecule has 0 amide bonds. The van der Waals surface area contributed by atoms with Gasteiger partial charge in [0.05, 0.1) is 79.3 Å². The highest BCUT2D eigenvalue weighted by Crippen LogP contribution is 2.11. The number of hydrogen-bond acceptors (Lipinski definition) is 8. The van der Waals surface area contributed by atoms with Crippen LogP contribution in [0.2, 0.25) is 0 Å². The first kappa shape index (κ1) is 21.7. The number of aliphatic hydroxyl groups is 2. The number of rotatable bonds is 2. The van der Waals surface area contributed by atoms with Crippen LogP contribution in [0.3, 0.4) is 0 Å². The van der Waals surface area contributed by atoms with E-state index in [0.717, 1.165) is 0 Å². The molecule has 2 atom stereocenters. The second kappa shape index (κ2) is 12.1. The molecular formula is C16H32O8. The Morgan fingerprint density at radius 1 is 0.583 bits per heavy atom. The molecule has 2 N–H and O–H groups in total. The van der Waals surface area contributed by atoms with Crippen molar-refractivity contribution in [2.75, 3.05) is 79.3 Å². The number of aliphatic hydroxyl groups excluding tert-OH is 2. The Morgan fingerprint density at radius 3 is 1.29 bits per heavy atom. The molecule has 144 valence electrons. The van der Waals surface area contributed by atoms with Gasteiger partial charge in [-0.05, 0) is 13.8 Å². The maximum Gasteiger partial charge on any atom is 0.112 e. The Labute approximate surface area is 143 Å². The molecule has 1 aliphatic rings. The molecule has 1 aliphatic heterocycles. The zero-order valence-electron chi connectivity index (χ0n) is 14.8. The summed E-state index contributed by atoms with van der Waals surface area (Å²) >= 11 is 0. The standard InChI is InChI=1S/C16H32O8/c1-15(11-17)13-21-5-3-19-4-6-22-14-16(2,12-18)24-10-8-20-7-9-23-15/h17-18H,3-14H2,1-2H3/t15-,16-/m1/s1. The Balaban J connectivity index is 2.42. The summed E-state index contributed by atoms with van der Waals surface area (Å²) in [6.45, 7) is 6.99. The van der Waals surface area contributed by atoms with Crippen molar-refractivity contribution in [2.45, 2.75) is 25.0 Å². The highest BCUT2D eigenvalue weighted by Gasteiger charge is 2.25. The van der Waals surface area contributed by atoms with Crippen LogP contribution in [0.25, 0.3) is 0 Å². The van der Waals surface area contributed by atoms with Gasteiger partial charge in [0.15, 0.2) is 0 Å². The van der Waals surface area contributed by atoms with Crippen LogP contribution in [-0.4, -0.2) is 101 Å². The molecule has 8 heteroatoms. The zero-order valence-corrected chi connectivity index (χ0v) is 14.8. The van der Waals surface area contributed by atoms with Gasteiger partial charge in [0, 0.05) is 0 Å². The molecule has 0 radical (unpaired) electrons. The second-order valence-corrected chi connectivity index (χ2v) is 6.24. The lowest BCUT2D eigenvalue weighted by Crippen LogP contribution is -2.40. The first-order valence-electron chi connectivity index (χ1n) is 8.34. The lowest BCUT2D eigenvalue weighted by atomic mass is 10.1. The summed E-state index contributed by atoms with van der Waals surface area (Å²) in [6.07, 6.45) is 0. The Bertz CT molecular complexity index is 288. The Hall–Kier alpha value is -0.320. The van der Waals surface area contributed by atoms with Crippen molar-refractivity contribution in [3.05, 3.63) is 0 Å². The molecule has 1 saturated heterocycles. The molecule has 1 heterocycles. The molecule has 8 nitrogen and oxygen atoms in total. The predicted octanol–water partition coefficient (Wildman–Crippen LogP) is -0.398. The van der Waals surface area contributed by atoms with E-state index in [-0.39, 0.29) is 26.4 Å². The van der Waals surface area contributed by atoms with E-state index in [0.29, 0.717) is 52.9 Å². The van der Waals surface area contributed by atoms with Crippen molar-refractivity contribution in [1.82, 2.24) is 0 Å². The van der Waals surface area contributed by atoms with Gasteiger partial charge in [-0.25, -0.2) is 0 Å². The van der Waals surface area contributed by atoms with Gasteiger partial charge in [-0.3, -0.25) is 0 Å². The smallest absolute Gasteiger partial charge is 0.112 e. The molecule has 1 fully saturated rings. The van der Waals surface area contributed by atoms with Gasteiger partial charge in [0.1, 0.15) is 11.2 Å². The van der Waals surface area contributed by atoms with Crippen LogP contribution in [-0.2, 0) is 28.4 Å². The van der Waals surface area contributed by atoms with Gasteiger partial charge in [0.2, 0.25) is 0 Å². The summed E-state index contributed by atoms with van der Waals surface area (Å²) in [5.41, 5.74) is -1.52. The van der Waals surface area contributed by atoms with E-state index in [2.05, 4.69) is 0 Å². The zero-order chi connectivity index (χ0) is 17.7. The summed E-state index contributed by atoms with van der Waals surface area (Å²) in [7, 11) is 0. The molecule has 0 aromatic carbocycles. The van der Waals surface area contributed by atoms with Crippen molar-refractivity contribution in [1.29, 1.82) is 0 Å². The van der Waals surface area contributed by atoms with Crippen LogP contribution >= 0.6 is 0 Å². The second-order valence-electron chi connectivity index (χ2n) is 6.24. The maximum atomic E-state index is 9.45. The van der Waals surface area contributed by atoms with Crippen LogP contribution in [0.4, 0.5) is 0 Å². The van der Waals surface area contributed by atoms with Gasteiger partial charge in [-0.15, -0.1) is 0 Å². The van der Waals surface area contributed by atoms with Crippen molar-refractivity contribution < 1.29 is 38.6 Å². The largest absolute Gasteiger partial charge is 0.393 e. The number of hydrogen-bond donors (Lipinski definition) is 2. The lowest BCUT2D eigenvalue weighted by molar-refractivity contribution is -0.143. The summed E-state index contributed by atoms with van der Waals surface area (Å²) in [6, 6.07) is 0. The topological polar surface area (TPSA) is 95.8 Å². The molecule has 24 heavy (non-hydrogen) atoms. The average Bonchev–Trinajstić information content (AvgIpc) is 2.59. The third-order valence-electron chi connectivity index (χ3n) is 3.58. The third-order valence-corrected chi connectivity index (χ3v) is 3.58. The minimum atomic E-state index is -0.760. The van der Waals surface area contributed by atoms with Crippen molar-refractivity contribution in [3.8, 4) is 0 Å². The number of ether oxygens (including phenoxy) is 6. The van der Waals surface area contributed by atoms with Gasteiger partial charge in [-0.1, -0.05) is 0 Å². The molecule has 1 rings (SSSR count). The maximum absolute atomic E-state index is 9.45. The summed E-state index contributed by atoms with van der Waals surface area (Å²) in [4.78, 5) is 0. The van der Waals surface area contributed by atoms with E-state index in [1.165, 1.54) is 0 Å². The lowest BCUT2D eigenvalue weighted by Gasteiger charge is -2.28. The van der Waals surface area contributed by atoms with Crippen LogP contribution in [0.15, 0.2) is 0 Å². The van der Waals surface area contributed by atoms with Crippen molar-refractivity contribution in [3.63, 3.8) is 0 Å². The molecule has 0 bridgehead atoms. The van der Waals surface area contributed by atoms with E-state index < -0.39 is 11.2 Å². The fourth-order valence-corrected chi connectivity index (χ4v) is 1.98. The van der Waals surface area contributed by atoms with Gasteiger partial charge >= 0.3 is 0 Å². The van der Waals surface area contributed by atoms with Crippen molar-refractivity contribution >= 4 is 0 Å². The highest BCUT2D eigenvalue weighted by molar-refractivity contribution is 4.74. The quantitative estimate of drug-likeness (QED) is 0.693. The molecule has 0 unspecified atom stereocenters. The Kier molecular flexibility index (Phi) is 11.0. The average molecular weight is 352 g/mol. The summed E-state index contributed by atoms with van der Waals surface area (Å²) in [5.74, 6) is 0. The first-order chi connectivity index (χ1) is 11.5. The fourth-order valence-electron chi connectivity index (χ4n) is 1.98. The summed E-state index contributed by atoms with van der Waals surface area (Å²) in [5, 5.41) is 18.9. The van der Waals surface area contributed by atoms with Crippen LogP contribution in [0.1, 0.15) is 13.8 Å². The Morgan fingerprint density at radius 2 is 0.917 bits per heavy atom. The normalized spacial score (nSPS) is 33.5. The fraction of sp³-hybridized carbons (Fsp3) is 1.00. The molecule has 0 aliphatic carbocycles. The van der Waals surface area contributed by atoms with Crippen LogP contribution in [0, 0.1) is 0 Å². The van der Waals surface area contributed by atoms with Gasteiger partial charge < -0.3 is 38.6 Å². The monoisotopic (exact) mass is 352 g/mol. The van der Waals surface area contributed by atoms with Gasteiger partial charge in [0.25, 0.3) is 0 Å². The van der Waals surface area contributed by atoms with E-state index in [1.807, 2.05) is 0 Å². The van der Waals surface area contributed by atoms with Crippen molar-refractivity contribution in [2.24, 2.45) is 0 Å². The van der Waals surface area contributed by atoms with E-state index in [4.69, 9.17) is 28.4 Å². The van der Waals surface area contributed by atoms with E-state index in [1.54, 1.807) is 13.8 Å². The van der Waals surface area contributed by atoms with E-state index >= 15 is 0 Å². The van der Waals surface area contributed by atoms with Crippen LogP contribution < -0.4 is 0 Å². The molecule has 0 spiro atoms. The first-order valence-corrected chi connectivity index (χ1v) is 8.34. The minimum absolute atomic E-state index is 0.139. The minimum Gasteiger partial charge on any atom is -0.393 e. The highest BCUT2D eigenvalue weighted by atomic mass is 16.6. The molecular weight excluding hydrogens is 320 g/mol. The molecule has 0 saturated carbocycles. The SMILES string of the molecule is C[C@@]1(CO)COCCOCCOC[C@@](C)(CO)OCCOCCO1. The summed E-state index contributed by atoms with van der Waals surface area (Å²) < 4.78 is 33.1. The van der Waals surface area contributed by atoms with Gasteiger partial charge in [-0.2, -0.15) is 0 Å². The molecule has 0 aromatic rings. The van der Waals surface area contributed by atoms with Crippen LogP contribution in [0.5, 0.6) is 0 Å². The molecule has 0 aromatic heterocycles. The van der Waals surface area contributed by atoms with E-state index in [9.17, 15) is 10.2 Å². The third kappa shape index (κ3) is 9.24. The predicted molar refractivity (Wildman–Crippen MR) is 86.2 cm³/mol.